The predicted molar refractivity (Wildman–Crippen MR) is 108 cm³/mol. The third-order valence-corrected chi connectivity index (χ3v) is 5.74. The van der Waals surface area contributed by atoms with Crippen molar-refractivity contribution in [3.63, 3.8) is 0 Å². The van der Waals surface area contributed by atoms with Crippen molar-refractivity contribution in [2.75, 3.05) is 29.6 Å². The van der Waals surface area contributed by atoms with E-state index in [1.54, 1.807) is 23.1 Å². The summed E-state index contributed by atoms with van der Waals surface area (Å²) in [6, 6.07) is 10.8. The van der Waals surface area contributed by atoms with Crippen LogP contribution in [0.3, 0.4) is 0 Å². The lowest BCUT2D eigenvalue weighted by molar-refractivity contribution is -0.117. The summed E-state index contributed by atoms with van der Waals surface area (Å²) in [5.74, 6) is 4.99. The first-order valence-corrected chi connectivity index (χ1v) is 9.46. The Labute approximate surface area is 165 Å². The van der Waals surface area contributed by atoms with Crippen molar-refractivity contribution in [1.82, 2.24) is 4.90 Å². The van der Waals surface area contributed by atoms with Crippen LogP contribution in [-0.2, 0) is 10.2 Å². The van der Waals surface area contributed by atoms with Crippen LogP contribution in [0.4, 0.5) is 17.1 Å². The van der Waals surface area contributed by atoms with Gasteiger partial charge in [0.25, 0.3) is 5.91 Å². The van der Waals surface area contributed by atoms with E-state index in [1.807, 2.05) is 18.2 Å². The van der Waals surface area contributed by atoms with E-state index in [4.69, 9.17) is 11.6 Å². The maximum Gasteiger partial charge on any atom is 0.254 e. The Kier molecular flexibility index (Phi) is 4.32. The highest BCUT2D eigenvalue weighted by molar-refractivity contribution is 9.10. The Bertz CT molecular complexity index is 942. The molecule has 140 valence electrons. The maximum absolute atomic E-state index is 12.9. The lowest BCUT2D eigenvalue weighted by atomic mass is 9.86. The molecule has 1 aliphatic heterocycles. The summed E-state index contributed by atoms with van der Waals surface area (Å²) in [6.07, 6.45) is 2.07. The molecule has 8 heteroatoms. The number of halogens is 1. The summed E-state index contributed by atoms with van der Waals surface area (Å²) in [4.78, 5) is 27.0. The fraction of sp³-hybridized carbons (Fsp3) is 0.263. The molecule has 0 atom stereocenters. The van der Waals surface area contributed by atoms with Crippen LogP contribution < -0.4 is 22.3 Å². The van der Waals surface area contributed by atoms with Crippen molar-refractivity contribution in [1.29, 1.82) is 0 Å². The second-order valence-corrected chi connectivity index (χ2v) is 8.04. The standard InChI is InChI=1S/C19H20BrN5O2/c20-11-1-3-13-14(7-11)19(5-6-19)10-25(18(13)27)9-17(26)23-12-2-4-16(24-22)15(21)8-12/h1-4,7-8,24H,5-6,9-10,21-22H2,(H,23,26). The number of nitrogens with two attached hydrogens (primary N) is 2. The van der Waals surface area contributed by atoms with Gasteiger partial charge >= 0.3 is 0 Å². The van der Waals surface area contributed by atoms with Crippen LogP contribution in [0.5, 0.6) is 0 Å². The van der Waals surface area contributed by atoms with E-state index in [-0.39, 0.29) is 23.8 Å². The van der Waals surface area contributed by atoms with Crippen LogP contribution in [0.1, 0.15) is 28.8 Å². The number of nitrogen functional groups attached to an aromatic ring is 2. The van der Waals surface area contributed by atoms with Gasteiger partial charge in [-0.3, -0.25) is 15.4 Å². The molecule has 2 aromatic rings. The van der Waals surface area contributed by atoms with Gasteiger partial charge in [-0.25, -0.2) is 0 Å². The van der Waals surface area contributed by atoms with Crippen molar-refractivity contribution >= 4 is 44.8 Å². The molecule has 0 unspecified atom stereocenters. The summed E-state index contributed by atoms with van der Waals surface area (Å²) >= 11 is 3.49. The molecule has 2 aromatic carbocycles. The van der Waals surface area contributed by atoms with Gasteiger partial charge in [-0.05, 0) is 54.8 Å². The van der Waals surface area contributed by atoms with Gasteiger partial charge in [0.05, 0.1) is 11.4 Å². The SMILES string of the molecule is NNc1ccc(NC(=O)CN2CC3(CC3)c3cc(Br)ccc3C2=O)cc1N. The molecule has 0 aromatic heterocycles. The summed E-state index contributed by atoms with van der Waals surface area (Å²) in [5, 5.41) is 2.79. The average Bonchev–Trinajstić information content (AvgIpc) is 3.40. The van der Waals surface area contributed by atoms with E-state index in [0.29, 0.717) is 29.2 Å². The van der Waals surface area contributed by atoms with Crippen molar-refractivity contribution < 1.29 is 9.59 Å². The van der Waals surface area contributed by atoms with E-state index < -0.39 is 0 Å². The number of carbonyl (C=O) groups excluding carboxylic acids is 2. The van der Waals surface area contributed by atoms with Crippen LogP contribution in [0.2, 0.25) is 0 Å². The number of nitrogens with one attached hydrogen (secondary N) is 2. The summed E-state index contributed by atoms with van der Waals surface area (Å²) in [5.41, 5.74) is 11.7. The zero-order valence-corrected chi connectivity index (χ0v) is 16.2. The molecule has 4 rings (SSSR count). The van der Waals surface area contributed by atoms with E-state index in [9.17, 15) is 9.59 Å². The first kappa shape index (κ1) is 17.8. The molecular weight excluding hydrogens is 410 g/mol. The van der Waals surface area contributed by atoms with Crippen molar-refractivity contribution in [3.05, 3.63) is 52.0 Å². The molecule has 7 nitrogen and oxygen atoms in total. The van der Waals surface area contributed by atoms with Gasteiger partial charge in [-0.2, -0.15) is 0 Å². The Morgan fingerprint density at radius 1 is 1.22 bits per heavy atom. The van der Waals surface area contributed by atoms with E-state index >= 15 is 0 Å². The van der Waals surface area contributed by atoms with Gasteiger partial charge in [0.2, 0.25) is 5.91 Å². The van der Waals surface area contributed by atoms with E-state index in [1.165, 1.54) is 0 Å². The van der Waals surface area contributed by atoms with Gasteiger partial charge < -0.3 is 21.4 Å². The molecule has 2 aliphatic rings. The molecule has 27 heavy (non-hydrogen) atoms. The van der Waals surface area contributed by atoms with Crippen LogP contribution in [0.15, 0.2) is 40.9 Å². The van der Waals surface area contributed by atoms with Gasteiger partial charge in [0.15, 0.2) is 0 Å². The van der Waals surface area contributed by atoms with Crippen molar-refractivity contribution in [2.24, 2.45) is 5.84 Å². The Morgan fingerprint density at radius 3 is 2.67 bits per heavy atom. The van der Waals surface area contributed by atoms with Crippen LogP contribution in [0.25, 0.3) is 0 Å². The highest BCUT2D eigenvalue weighted by atomic mass is 79.9. The fourth-order valence-electron chi connectivity index (χ4n) is 3.69. The lowest BCUT2D eigenvalue weighted by Crippen LogP contribution is -2.46. The maximum atomic E-state index is 12.9. The first-order chi connectivity index (χ1) is 12.9. The molecule has 6 N–H and O–H groups in total. The smallest absolute Gasteiger partial charge is 0.254 e. The summed E-state index contributed by atoms with van der Waals surface area (Å²) in [6.45, 7) is 0.577. The number of amides is 2. The average molecular weight is 430 g/mol. The minimum absolute atomic E-state index is 0.00683. The monoisotopic (exact) mass is 429 g/mol. The number of anilines is 3. The number of hydrazine groups is 1. The first-order valence-electron chi connectivity index (χ1n) is 8.67. The second kappa shape index (κ2) is 6.54. The molecular formula is C19H20BrN5O2. The van der Waals surface area contributed by atoms with Gasteiger partial charge in [0, 0.05) is 27.7 Å². The third-order valence-electron chi connectivity index (χ3n) is 5.24. The van der Waals surface area contributed by atoms with Gasteiger partial charge in [0.1, 0.15) is 6.54 Å². The van der Waals surface area contributed by atoms with E-state index in [2.05, 4.69) is 26.7 Å². The number of rotatable bonds is 4. The minimum atomic E-state index is -0.257. The van der Waals surface area contributed by atoms with Crippen molar-refractivity contribution in [2.45, 2.75) is 18.3 Å². The Morgan fingerprint density at radius 2 is 2.00 bits per heavy atom. The molecule has 1 saturated carbocycles. The highest BCUT2D eigenvalue weighted by Gasteiger charge is 2.51. The quantitative estimate of drug-likeness (QED) is 0.338. The fourth-order valence-corrected chi connectivity index (χ4v) is 4.05. The largest absolute Gasteiger partial charge is 0.397 e. The van der Waals surface area contributed by atoms with Crippen LogP contribution in [-0.4, -0.2) is 29.8 Å². The normalized spacial score (nSPS) is 16.8. The lowest BCUT2D eigenvalue weighted by Gasteiger charge is -2.34. The number of nitrogens with zero attached hydrogens (tertiary/aromatic N) is 1. The molecule has 1 heterocycles. The zero-order chi connectivity index (χ0) is 19.2. The number of hydrogen-bond donors (Lipinski definition) is 4. The minimum Gasteiger partial charge on any atom is -0.397 e. The molecule has 2 amide bonds. The van der Waals surface area contributed by atoms with Crippen molar-refractivity contribution in [3.8, 4) is 0 Å². The molecule has 1 spiro atoms. The molecule has 1 aliphatic carbocycles. The number of carbonyl (C=O) groups is 2. The zero-order valence-electron chi connectivity index (χ0n) is 14.6. The number of benzene rings is 2. The second-order valence-electron chi connectivity index (χ2n) is 7.13. The summed E-state index contributed by atoms with van der Waals surface area (Å²) in [7, 11) is 0. The number of hydrogen-bond acceptors (Lipinski definition) is 5. The topological polar surface area (TPSA) is 113 Å². The molecule has 0 bridgehead atoms. The van der Waals surface area contributed by atoms with Crippen LogP contribution in [0, 0.1) is 0 Å². The third kappa shape index (κ3) is 3.26. The molecule has 0 saturated heterocycles. The predicted octanol–water partition coefficient (Wildman–Crippen LogP) is 2.44. The van der Waals surface area contributed by atoms with Crippen LogP contribution >= 0.6 is 15.9 Å². The Balaban J connectivity index is 1.50. The summed E-state index contributed by atoms with van der Waals surface area (Å²) < 4.78 is 0.972. The van der Waals surface area contributed by atoms with Gasteiger partial charge in [-0.15, -0.1) is 0 Å². The molecule has 1 fully saturated rings. The number of fused-ring (bicyclic) bond motifs is 2. The van der Waals surface area contributed by atoms with Gasteiger partial charge in [-0.1, -0.05) is 15.9 Å². The highest BCUT2D eigenvalue weighted by Crippen LogP contribution is 2.52. The van der Waals surface area contributed by atoms with E-state index in [0.717, 1.165) is 22.9 Å². The molecule has 0 radical (unpaired) electrons. The Hall–Kier alpha value is -2.58.